The van der Waals surface area contributed by atoms with Crippen molar-refractivity contribution in [1.29, 1.82) is 0 Å². The second-order valence-corrected chi connectivity index (χ2v) is 9.28. The molecule has 6 heteroatoms. The summed E-state index contributed by atoms with van der Waals surface area (Å²) in [5, 5.41) is 12.0. The van der Waals surface area contributed by atoms with Crippen LogP contribution in [0.2, 0.25) is 0 Å². The summed E-state index contributed by atoms with van der Waals surface area (Å²) < 4.78 is 13.6. The lowest BCUT2D eigenvalue weighted by Gasteiger charge is -2.37. The highest BCUT2D eigenvalue weighted by molar-refractivity contribution is 7.09. The average Bonchev–Trinajstić information content (AvgIpc) is 3.44. The van der Waals surface area contributed by atoms with Crippen molar-refractivity contribution in [2.45, 2.75) is 45.2 Å². The number of nitrogens with one attached hydrogen (secondary N) is 1. The van der Waals surface area contributed by atoms with Gasteiger partial charge < -0.3 is 5.32 Å². The Morgan fingerprint density at radius 3 is 2.53 bits per heavy atom. The standard InChI is InChI=1S/C26H28FN3OS/c1-3-4-12-23-24(19-13-15-20(27)16-14-19)29-30(21-9-6-5-7-10-21)26(23,2)25(31)28-18-22-11-8-17-32-22/h5-11,13-17,23H,3-4,12,18H2,1-2H3,(H,28,31). The number of benzene rings is 2. The molecule has 2 heterocycles. The number of halogens is 1. The van der Waals surface area contributed by atoms with Crippen LogP contribution in [0.3, 0.4) is 0 Å². The number of hydrazone groups is 1. The van der Waals surface area contributed by atoms with E-state index in [1.54, 1.807) is 23.5 Å². The summed E-state index contributed by atoms with van der Waals surface area (Å²) in [5.41, 5.74) is 1.64. The lowest BCUT2D eigenvalue weighted by Crippen LogP contribution is -2.57. The first-order valence-corrected chi connectivity index (χ1v) is 11.9. The first-order chi connectivity index (χ1) is 15.5. The minimum absolute atomic E-state index is 0.0586. The molecule has 0 aliphatic carbocycles. The summed E-state index contributed by atoms with van der Waals surface area (Å²) in [6.45, 7) is 4.61. The molecule has 4 nitrogen and oxygen atoms in total. The number of carbonyl (C=O) groups excluding carboxylic acids is 1. The smallest absolute Gasteiger partial charge is 0.248 e. The summed E-state index contributed by atoms with van der Waals surface area (Å²) in [4.78, 5) is 14.9. The predicted molar refractivity (Wildman–Crippen MR) is 129 cm³/mol. The molecule has 0 spiro atoms. The fraction of sp³-hybridized carbons (Fsp3) is 0.308. The molecule has 1 N–H and O–H groups in total. The van der Waals surface area contributed by atoms with Crippen LogP contribution in [-0.4, -0.2) is 17.2 Å². The van der Waals surface area contributed by atoms with Crippen molar-refractivity contribution >= 4 is 28.6 Å². The molecule has 0 saturated heterocycles. The number of para-hydroxylation sites is 1. The zero-order valence-corrected chi connectivity index (χ0v) is 19.2. The zero-order chi connectivity index (χ0) is 22.6. The number of hydrogen-bond acceptors (Lipinski definition) is 4. The van der Waals surface area contributed by atoms with E-state index in [-0.39, 0.29) is 17.6 Å². The van der Waals surface area contributed by atoms with Crippen molar-refractivity contribution in [1.82, 2.24) is 5.32 Å². The largest absolute Gasteiger partial charge is 0.349 e. The summed E-state index contributed by atoms with van der Waals surface area (Å²) in [6, 6.07) is 20.2. The molecule has 166 valence electrons. The van der Waals surface area contributed by atoms with Gasteiger partial charge in [-0.2, -0.15) is 5.10 Å². The number of thiophene rings is 1. The van der Waals surface area contributed by atoms with Gasteiger partial charge >= 0.3 is 0 Å². The molecule has 1 aliphatic heterocycles. The van der Waals surface area contributed by atoms with Gasteiger partial charge in [-0.25, -0.2) is 9.40 Å². The molecule has 1 aliphatic rings. The summed E-state index contributed by atoms with van der Waals surface area (Å²) >= 11 is 1.62. The Bertz CT molecular complexity index is 1070. The molecule has 0 radical (unpaired) electrons. The fourth-order valence-electron chi connectivity index (χ4n) is 4.31. The van der Waals surface area contributed by atoms with Crippen LogP contribution in [0.5, 0.6) is 0 Å². The summed E-state index contributed by atoms with van der Waals surface area (Å²) in [6.07, 6.45) is 2.81. The highest BCUT2D eigenvalue weighted by atomic mass is 32.1. The average molecular weight is 450 g/mol. The Kier molecular flexibility index (Phi) is 6.70. The van der Waals surface area contributed by atoms with Crippen LogP contribution in [0.15, 0.2) is 77.2 Å². The maximum Gasteiger partial charge on any atom is 0.248 e. The van der Waals surface area contributed by atoms with E-state index in [0.717, 1.165) is 41.1 Å². The number of rotatable bonds is 8. The predicted octanol–water partition coefficient (Wildman–Crippen LogP) is 5.99. The maximum absolute atomic E-state index is 13.8. The number of hydrogen-bond donors (Lipinski definition) is 1. The van der Waals surface area contributed by atoms with Gasteiger partial charge in [0, 0.05) is 10.8 Å². The summed E-state index contributed by atoms with van der Waals surface area (Å²) in [7, 11) is 0. The van der Waals surface area contributed by atoms with E-state index in [1.807, 2.05) is 59.8 Å². The molecule has 3 aromatic rings. The molecule has 2 atom stereocenters. The molecule has 0 bridgehead atoms. The maximum atomic E-state index is 13.8. The number of unbranched alkanes of at least 4 members (excludes halogenated alkanes) is 1. The first kappa shape index (κ1) is 22.2. The Morgan fingerprint density at radius 2 is 1.88 bits per heavy atom. The molecule has 2 aromatic carbocycles. The minimum Gasteiger partial charge on any atom is -0.349 e. The van der Waals surface area contributed by atoms with Crippen molar-refractivity contribution in [3.8, 4) is 0 Å². The topological polar surface area (TPSA) is 44.7 Å². The monoisotopic (exact) mass is 449 g/mol. The molecule has 0 saturated carbocycles. The van der Waals surface area contributed by atoms with E-state index in [9.17, 15) is 9.18 Å². The summed E-state index contributed by atoms with van der Waals surface area (Å²) in [5.74, 6) is -0.470. The highest BCUT2D eigenvalue weighted by Crippen LogP contribution is 2.41. The highest BCUT2D eigenvalue weighted by Gasteiger charge is 2.53. The molecule has 0 fully saturated rings. The van der Waals surface area contributed by atoms with Crippen LogP contribution >= 0.6 is 11.3 Å². The van der Waals surface area contributed by atoms with Crippen molar-refractivity contribution in [3.63, 3.8) is 0 Å². The van der Waals surface area contributed by atoms with E-state index in [4.69, 9.17) is 5.10 Å². The van der Waals surface area contributed by atoms with Crippen molar-refractivity contribution in [2.75, 3.05) is 5.01 Å². The molecule has 32 heavy (non-hydrogen) atoms. The van der Waals surface area contributed by atoms with Gasteiger partial charge in [0.15, 0.2) is 0 Å². The Labute approximate surface area is 192 Å². The van der Waals surface area contributed by atoms with Crippen LogP contribution in [0.25, 0.3) is 0 Å². The molecular formula is C26H28FN3OS. The van der Waals surface area contributed by atoms with Crippen molar-refractivity contribution in [3.05, 3.63) is 88.4 Å². The van der Waals surface area contributed by atoms with Crippen molar-refractivity contribution in [2.24, 2.45) is 11.0 Å². The van der Waals surface area contributed by atoms with E-state index in [1.165, 1.54) is 12.1 Å². The number of carbonyl (C=O) groups is 1. The van der Waals surface area contributed by atoms with Gasteiger partial charge in [0.1, 0.15) is 11.4 Å². The molecule has 2 unspecified atom stereocenters. The van der Waals surface area contributed by atoms with Crippen LogP contribution < -0.4 is 10.3 Å². The third-order valence-electron chi connectivity index (χ3n) is 6.11. The second kappa shape index (κ2) is 9.65. The number of anilines is 1. The molecule has 1 amide bonds. The van der Waals surface area contributed by atoms with Gasteiger partial charge in [0.25, 0.3) is 0 Å². The lowest BCUT2D eigenvalue weighted by atomic mass is 9.77. The quantitative estimate of drug-likeness (QED) is 0.459. The van der Waals surface area contributed by atoms with Crippen LogP contribution in [0.4, 0.5) is 10.1 Å². The van der Waals surface area contributed by atoms with Gasteiger partial charge in [-0.05, 0) is 54.6 Å². The first-order valence-electron chi connectivity index (χ1n) is 11.0. The van der Waals surface area contributed by atoms with E-state index in [0.29, 0.717) is 6.54 Å². The fourth-order valence-corrected chi connectivity index (χ4v) is 4.95. The second-order valence-electron chi connectivity index (χ2n) is 8.24. The Morgan fingerprint density at radius 1 is 1.12 bits per heavy atom. The van der Waals surface area contributed by atoms with E-state index >= 15 is 0 Å². The van der Waals surface area contributed by atoms with Crippen LogP contribution in [0.1, 0.15) is 43.6 Å². The van der Waals surface area contributed by atoms with Gasteiger partial charge in [-0.15, -0.1) is 11.3 Å². The molecule has 4 rings (SSSR count). The van der Waals surface area contributed by atoms with Gasteiger partial charge in [0.05, 0.1) is 17.9 Å². The van der Waals surface area contributed by atoms with Crippen molar-refractivity contribution < 1.29 is 9.18 Å². The Hall–Kier alpha value is -2.99. The van der Waals surface area contributed by atoms with Crippen LogP contribution in [-0.2, 0) is 11.3 Å². The van der Waals surface area contributed by atoms with Gasteiger partial charge in [-0.1, -0.05) is 56.2 Å². The van der Waals surface area contributed by atoms with Crippen LogP contribution in [0, 0.1) is 11.7 Å². The number of nitrogens with zero attached hydrogens (tertiary/aromatic N) is 2. The normalized spacial score (nSPS) is 20.3. The Balaban J connectivity index is 1.75. The van der Waals surface area contributed by atoms with E-state index in [2.05, 4.69) is 12.2 Å². The van der Waals surface area contributed by atoms with Gasteiger partial charge in [-0.3, -0.25) is 4.79 Å². The lowest BCUT2D eigenvalue weighted by molar-refractivity contribution is -0.126. The van der Waals surface area contributed by atoms with Gasteiger partial charge in [0.2, 0.25) is 5.91 Å². The molecular weight excluding hydrogens is 421 g/mol. The minimum atomic E-state index is -0.905. The third-order valence-corrected chi connectivity index (χ3v) is 6.98. The number of amides is 1. The van der Waals surface area contributed by atoms with E-state index < -0.39 is 5.54 Å². The zero-order valence-electron chi connectivity index (χ0n) is 18.4. The molecule has 1 aromatic heterocycles. The SMILES string of the molecule is CCCCC1C(c2ccc(F)cc2)=NN(c2ccccc2)C1(C)C(=O)NCc1cccs1. The third kappa shape index (κ3) is 4.32.